The van der Waals surface area contributed by atoms with Gasteiger partial charge < -0.3 is 24.6 Å². The highest BCUT2D eigenvalue weighted by atomic mass is 16.5. The molecule has 5 heterocycles. The molecule has 1 aromatic carbocycles. The van der Waals surface area contributed by atoms with Crippen molar-refractivity contribution < 1.29 is 9.84 Å². The Labute approximate surface area is 222 Å². The highest BCUT2D eigenvalue weighted by molar-refractivity contribution is 5.86. The van der Waals surface area contributed by atoms with Gasteiger partial charge in [0.05, 0.1) is 36.4 Å². The predicted molar refractivity (Wildman–Crippen MR) is 148 cm³/mol. The molecule has 202 valence electrons. The van der Waals surface area contributed by atoms with Crippen molar-refractivity contribution in [2.24, 2.45) is 13.0 Å². The van der Waals surface area contributed by atoms with E-state index in [0.29, 0.717) is 31.0 Å². The summed E-state index contributed by atoms with van der Waals surface area (Å²) in [4.78, 5) is 24.7. The molecule has 6 rings (SSSR count). The molecular weight excluding hydrogens is 482 g/mol. The normalized spacial score (nSPS) is 18.1. The minimum atomic E-state index is -0.632. The number of piperidine rings is 1. The Balaban J connectivity index is 1.42. The summed E-state index contributed by atoms with van der Waals surface area (Å²) in [5, 5.41) is 13.7. The van der Waals surface area contributed by atoms with Gasteiger partial charge in [-0.15, -0.1) is 0 Å². The molecule has 2 fully saturated rings. The van der Waals surface area contributed by atoms with Crippen LogP contribution in [0.4, 0.5) is 11.8 Å². The summed E-state index contributed by atoms with van der Waals surface area (Å²) < 4.78 is 9.71. The van der Waals surface area contributed by atoms with E-state index in [1.165, 1.54) is 0 Å². The van der Waals surface area contributed by atoms with Crippen LogP contribution in [0.1, 0.15) is 32.5 Å². The number of rotatable bonds is 6. The molecule has 0 amide bonds. The first-order chi connectivity index (χ1) is 18.3. The number of nitrogens with one attached hydrogen (secondary N) is 1. The number of hydrogen-bond acceptors (Lipinski definition) is 9. The molecule has 11 nitrogen and oxygen atoms in total. The zero-order valence-corrected chi connectivity index (χ0v) is 22.7. The second-order valence-corrected chi connectivity index (χ2v) is 10.9. The van der Waals surface area contributed by atoms with Crippen LogP contribution < -0.4 is 10.2 Å². The van der Waals surface area contributed by atoms with E-state index < -0.39 is 5.60 Å². The molecule has 4 aromatic rings. The number of ether oxygens (including phenoxy) is 1. The molecule has 0 spiro atoms. The predicted octanol–water partition coefficient (Wildman–Crippen LogP) is 2.56. The summed E-state index contributed by atoms with van der Waals surface area (Å²) in [5.41, 5.74) is 2.81. The van der Waals surface area contributed by atoms with Crippen LogP contribution in [-0.2, 0) is 18.3 Å². The van der Waals surface area contributed by atoms with Crippen LogP contribution in [-0.4, -0.2) is 91.1 Å². The number of aromatic nitrogens is 6. The van der Waals surface area contributed by atoms with Gasteiger partial charge in [-0.2, -0.15) is 9.97 Å². The van der Waals surface area contributed by atoms with E-state index in [1.54, 1.807) is 0 Å². The van der Waals surface area contributed by atoms with Crippen LogP contribution >= 0.6 is 0 Å². The number of morpholine rings is 1. The van der Waals surface area contributed by atoms with Gasteiger partial charge in [0.2, 0.25) is 11.9 Å². The number of likely N-dealkylation sites (tertiary alicyclic amines) is 1. The first-order valence-corrected chi connectivity index (χ1v) is 13.5. The quantitative estimate of drug-likeness (QED) is 0.397. The van der Waals surface area contributed by atoms with E-state index in [-0.39, 0.29) is 0 Å². The number of benzene rings is 1. The molecule has 2 saturated heterocycles. The fourth-order valence-corrected chi connectivity index (χ4v) is 5.71. The number of imidazole rings is 2. The molecule has 2 aliphatic heterocycles. The minimum Gasteiger partial charge on any atom is -0.390 e. The smallest absolute Gasteiger partial charge is 0.241 e. The number of fused-ring (bicyclic) bond motifs is 2. The molecule has 0 bridgehead atoms. The van der Waals surface area contributed by atoms with Gasteiger partial charge in [-0.1, -0.05) is 12.1 Å². The molecule has 0 radical (unpaired) electrons. The van der Waals surface area contributed by atoms with E-state index >= 15 is 0 Å². The topological polar surface area (TPSA) is 109 Å². The molecular formula is C27H37N9O2. The lowest BCUT2D eigenvalue weighted by atomic mass is 9.83. The van der Waals surface area contributed by atoms with E-state index in [9.17, 15) is 5.11 Å². The van der Waals surface area contributed by atoms with Crippen LogP contribution in [0, 0.1) is 5.92 Å². The van der Waals surface area contributed by atoms with E-state index in [2.05, 4.69) is 19.7 Å². The van der Waals surface area contributed by atoms with Crippen LogP contribution in [0.25, 0.3) is 28.1 Å². The van der Waals surface area contributed by atoms with Gasteiger partial charge in [0.1, 0.15) is 5.82 Å². The van der Waals surface area contributed by atoms with Crippen molar-refractivity contribution >= 4 is 34.0 Å². The number of para-hydroxylation sites is 2. The van der Waals surface area contributed by atoms with Gasteiger partial charge in [0.15, 0.2) is 17.0 Å². The van der Waals surface area contributed by atoms with Crippen molar-refractivity contribution in [2.45, 2.75) is 38.8 Å². The lowest BCUT2D eigenvalue weighted by molar-refractivity contribution is -0.0139. The number of hydrogen-bond donors (Lipinski definition) is 2. The van der Waals surface area contributed by atoms with Crippen molar-refractivity contribution in [1.29, 1.82) is 0 Å². The summed E-state index contributed by atoms with van der Waals surface area (Å²) >= 11 is 0. The molecule has 3 aromatic heterocycles. The number of aliphatic hydroxyl groups is 1. The van der Waals surface area contributed by atoms with E-state index in [1.807, 2.05) is 56.8 Å². The lowest BCUT2D eigenvalue weighted by Crippen LogP contribution is -2.41. The van der Waals surface area contributed by atoms with Gasteiger partial charge in [-0.25, -0.2) is 14.5 Å². The van der Waals surface area contributed by atoms with Gasteiger partial charge in [0.25, 0.3) is 0 Å². The lowest BCUT2D eigenvalue weighted by Gasteiger charge is -2.37. The maximum Gasteiger partial charge on any atom is 0.241 e. The summed E-state index contributed by atoms with van der Waals surface area (Å²) in [6, 6.07) is 8.03. The Hall–Kier alpha value is -3.28. The zero-order valence-electron chi connectivity index (χ0n) is 22.7. The second kappa shape index (κ2) is 9.79. The Bertz CT molecular complexity index is 1440. The Kier molecular flexibility index (Phi) is 6.45. The standard InChI is InChI=1S/C27H37N9O2/c1-27(2,37)18-9-11-34(12-10-18)17-21-30-22-23(33(21)4)31-26(32-24(22)35-13-15-38-16-14-35)36-20-8-6-5-7-19(20)29-25(36)28-3/h5-8,18,37H,9-17H2,1-4H3,(H,28,29). The van der Waals surface area contributed by atoms with Gasteiger partial charge in [-0.05, 0) is 57.8 Å². The van der Waals surface area contributed by atoms with Crippen LogP contribution in [0.2, 0.25) is 0 Å². The molecule has 0 saturated carbocycles. The minimum absolute atomic E-state index is 0.326. The maximum absolute atomic E-state index is 10.4. The molecule has 0 unspecified atom stereocenters. The molecule has 2 aliphatic rings. The SMILES string of the molecule is CNc1nc2ccccc2n1-c1nc(N2CCOCC2)c2nc(CN3CCC(C(C)(C)O)CC3)n(C)c2n1. The third kappa shape index (κ3) is 4.48. The van der Waals surface area contributed by atoms with Crippen LogP contribution in [0.5, 0.6) is 0 Å². The first-order valence-electron chi connectivity index (χ1n) is 13.5. The molecule has 38 heavy (non-hydrogen) atoms. The molecule has 0 atom stereocenters. The van der Waals surface area contributed by atoms with Gasteiger partial charge in [0, 0.05) is 27.2 Å². The fraction of sp³-hybridized carbons (Fsp3) is 0.556. The zero-order chi connectivity index (χ0) is 26.4. The summed E-state index contributed by atoms with van der Waals surface area (Å²) in [7, 11) is 3.90. The molecule has 0 aliphatic carbocycles. The molecule has 11 heteroatoms. The summed E-state index contributed by atoms with van der Waals surface area (Å²) in [6.07, 6.45) is 1.97. The van der Waals surface area contributed by atoms with Crippen LogP contribution in [0.15, 0.2) is 24.3 Å². The van der Waals surface area contributed by atoms with Gasteiger partial charge in [-0.3, -0.25) is 4.90 Å². The Morgan fingerprint density at radius 2 is 1.76 bits per heavy atom. The maximum atomic E-state index is 10.4. The summed E-state index contributed by atoms with van der Waals surface area (Å²) in [5.74, 6) is 3.38. The van der Waals surface area contributed by atoms with E-state index in [4.69, 9.17) is 24.7 Å². The van der Waals surface area contributed by atoms with Crippen molar-refractivity contribution in [3.63, 3.8) is 0 Å². The van der Waals surface area contributed by atoms with Crippen molar-refractivity contribution in [3.8, 4) is 5.95 Å². The third-order valence-electron chi connectivity index (χ3n) is 8.03. The highest BCUT2D eigenvalue weighted by Gasteiger charge is 2.31. The highest BCUT2D eigenvalue weighted by Crippen LogP contribution is 2.31. The number of nitrogens with zero attached hydrogens (tertiary/aromatic N) is 8. The van der Waals surface area contributed by atoms with E-state index in [0.717, 1.165) is 79.4 Å². The number of anilines is 2. The largest absolute Gasteiger partial charge is 0.390 e. The number of aryl methyl sites for hydroxylation is 1. The third-order valence-corrected chi connectivity index (χ3v) is 8.03. The average Bonchev–Trinajstić information content (AvgIpc) is 3.46. The fourth-order valence-electron chi connectivity index (χ4n) is 5.71. The second-order valence-electron chi connectivity index (χ2n) is 10.9. The Morgan fingerprint density at radius 1 is 1.03 bits per heavy atom. The van der Waals surface area contributed by atoms with Crippen molar-refractivity contribution in [3.05, 3.63) is 30.1 Å². The van der Waals surface area contributed by atoms with Crippen molar-refractivity contribution in [2.75, 3.05) is 56.7 Å². The van der Waals surface area contributed by atoms with Gasteiger partial charge >= 0.3 is 0 Å². The monoisotopic (exact) mass is 519 g/mol. The average molecular weight is 520 g/mol. The first kappa shape index (κ1) is 25.0. The van der Waals surface area contributed by atoms with Crippen LogP contribution in [0.3, 0.4) is 0 Å². The van der Waals surface area contributed by atoms with Crippen molar-refractivity contribution in [1.82, 2.24) is 34.0 Å². The Morgan fingerprint density at radius 3 is 2.47 bits per heavy atom. The molecule has 2 N–H and O–H groups in total. The summed E-state index contributed by atoms with van der Waals surface area (Å²) in [6.45, 7) is 9.29.